The molecule has 25 heteroatoms. The summed E-state index contributed by atoms with van der Waals surface area (Å²) in [4.78, 5) is 78.1. The summed E-state index contributed by atoms with van der Waals surface area (Å²) in [5.41, 5.74) is 10.3. The number of para-hydroxylation sites is 1. The van der Waals surface area contributed by atoms with Gasteiger partial charge in [0.05, 0.1) is 35.2 Å². The lowest BCUT2D eigenvalue weighted by Gasteiger charge is -2.69. The van der Waals surface area contributed by atoms with Crippen LogP contribution >= 0.6 is 11.3 Å². The molecule has 2 unspecified atom stereocenters. The maximum absolute atomic E-state index is 14.1. The Balaban J connectivity index is 0.762. The Bertz CT molecular complexity index is 3580. The van der Waals surface area contributed by atoms with Crippen LogP contribution in [0.1, 0.15) is 108 Å². The highest BCUT2D eigenvalue weighted by Crippen LogP contribution is 2.72. The number of carboxylic acid groups (broad SMARTS) is 2. The molecule has 3 aromatic heterocycles. The second kappa shape index (κ2) is 25.0. The molecular weight excluding hydrogens is 1150 g/mol. The number of fused-ring (bicyclic) bond motifs is 2. The van der Waals surface area contributed by atoms with Crippen LogP contribution in [-0.4, -0.2) is 163 Å². The molecule has 24 nitrogen and oxygen atoms in total. The maximum atomic E-state index is 14.1. The fraction of sp³-hybridized carbons (Fsp3) is 0.492. The molecular formula is C63H75N9O15S. The first-order valence-corrected chi connectivity index (χ1v) is 30.5. The summed E-state index contributed by atoms with van der Waals surface area (Å²) in [6.45, 7) is 8.66. The zero-order valence-electron chi connectivity index (χ0n) is 49.6. The number of benzene rings is 3. The zero-order chi connectivity index (χ0) is 62.3. The largest absolute Gasteiger partial charge is 0.493 e. The van der Waals surface area contributed by atoms with E-state index in [2.05, 4.69) is 29.5 Å². The van der Waals surface area contributed by atoms with Crippen molar-refractivity contribution < 1.29 is 73.2 Å². The SMILES string of the molecule is CNC(=O)CCN(CCOC12CC3(C)CC(C)(CC(Cn4ncc(-c5ccc(N6CCc7cccc(C(=O)Nc8nc9ccccc9s8)c7C6)nc5C(=O)O)c4C)(C3)C1)C2)C(=O)OCc1ccc(O[C@@H]2O[C@H](C(=O)O)[C@@H](O)[C@H](O)[C@H]2O)cc1OCCCN. The minimum atomic E-state index is -1.91. The van der Waals surface area contributed by atoms with Crippen molar-refractivity contribution in [1.29, 1.82) is 0 Å². The van der Waals surface area contributed by atoms with E-state index < -0.39 is 54.3 Å². The summed E-state index contributed by atoms with van der Waals surface area (Å²) in [5.74, 6) is -2.52. The van der Waals surface area contributed by atoms with Gasteiger partial charge in [0, 0.05) is 80.2 Å². The number of rotatable bonds is 23. The highest BCUT2D eigenvalue weighted by molar-refractivity contribution is 7.22. The molecule has 3 amide bonds. The Morgan fingerprint density at radius 2 is 1.66 bits per heavy atom. The van der Waals surface area contributed by atoms with Gasteiger partial charge in [0.2, 0.25) is 12.2 Å². The fourth-order valence-corrected chi connectivity index (χ4v) is 16.0. The summed E-state index contributed by atoms with van der Waals surface area (Å²) < 4.78 is 33.0. The van der Waals surface area contributed by atoms with Crippen LogP contribution in [0.15, 0.2) is 79.0 Å². The number of ether oxygens (including phenoxy) is 5. The number of nitrogens with two attached hydrogens (primary N) is 1. The number of anilines is 2. The summed E-state index contributed by atoms with van der Waals surface area (Å²) in [6.07, 6.45) is -1.69. The van der Waals surface area contributed by atoms with Crippen molar-refractivity contribution >= 4 is 62.3 Å². The molecule has 468 valence electrons. The van der Waals surface area contributed by atoms with Crippen molar-refractivity contribution in [3.63, 3.8) is 0 Å². The minimum Gasteiger partial charge on any atom is -0.493 e. The van der Waals surface area contributed by atoms with Crippen LogP contribution in [0.2, 0.25) is 0 Å². The van der Waals surface area contributed by atoms with E-state index in [-0.39, 0.29) is 84.6 Å². The van der Waals surface area contributed by atoms with Gasteiger partial charge in [0.15, 0.2) is 16.9 Å². The third-order valence-corrected chi connectivity index (χ3v) is 18.9. The van der Waals surface area contributed by atoms with E-state index in [0.717, 1.165) is 65.6 Å². The molecule has 5 heterocycles. The molecule has 5 fully saturated rings. The van der Waals surface area contributed by atoms with Crippen LogP contribution in [0.25, 0.3) is 21.3 Å². The lowest BCUT2D eigenvalue weighted by atomic mass is 9.39. The van der Waals surface area contributed by atoms with Gasteiger partial charge in [-0.2, -0.15) is 5.10 Å². The molecule has 6 aromatic rings. The average molecular weight is 1230 g/mol. The molecule has 0 radical (unpaired) electrons. The van der Waals surface area contributed by atoms with E-state index in [1.165, 1.54) is 35.4 Å². The van der Waals surface area contributed by atoms with Crippen LogP contribution < -0.4 is 30.7 Å². The number of nitrogens with one attached hydrogen (secondary N) is 2. The second-order valence-corrected chi connectivity index (χ2v) is 26.0. The van der Waals surface area contributed by atoms with E-state index >= 15 is 0 Å². The standard InChI is InChI=1S/C63H75N9O15S/c1-36-42(40-15-16-47(68-49(40)55(78)79)71-20-17-37-9-7-10-41(43(37)27-71)54(77)69-58-67-44-11-5-6-12-46(44)88-58)26-66-72(36)35-62-30-60(2)29-61(3,31-62)33-63(32-60,34-62)85-24-22-70(21-18-48(73)65-4)59(82)84-28-38-13-14-39(25-45(38)83-23-8-19-64)86-57-52(76)50(74)51(75)53(87-57)56(80)81/h5-7,9-16,25-26,50-53,57,74-76H,8,17-24,27-35,64H2,1-4H3,(H,65,73)(H,78,79)(H,80,81)(H,67,69,77)/t50-,51-,52+,53-,57+,60?,61?,62?,63?/m0/s1. The predicted molar refractivity (Wildman–Crippen MR) is 322 cm³/mol. The third kappa shape index (κ3) is 12.9. The summed E-state index contributed by atoms with van der Waals surface area (Å²) in [7, 11) is 1.52. The number of thiazole rings is 1. The normalized spacial score (nSPS) is 26.1. The average Bonchev–Trinajstić information content (AvgIpc) is 0.725. The quantitative estimate of drug-likeness (QED) is 0.0327. The van der Waals surface area contributed by atoms with Gasteiger partial charge in [0.25, 0.3) is 5.91 Å². The summed E-state index contributed by atoms with van der Waals surface area (Å²) in [6, 6.07) is 21.5. The van der Waals surface area contributed by atoms with Crippen molar-refractivity contribution in [2.75, 3.05) is 56.7 Å². The molecule has 6 aliphatic rings. The van der Waals surface area contributed by atoms with Gasteiger partial charge < -0.3 is 70.1 Å². The van der Waals surface area contributed by atoms with Crippen molar-refractivity contribution in [2.45, 2.75) is 135 Å². The van der Waals surface area contributed by atoms with Crippen molar-refractivity contribution in [3.8, 4) is 22.6 Å². The van der Waals surface area contributed by atoms with Crippen molar-refractivity contribution in [2.24, 2.45) is 22.0 Å². The maximum Gasteiger partial charge on any atom is 0.410 e. The number of aliphatic hydroxyl groups is 3. The van der Waals surface area contributed by atoms with Crippen molar-refractivity contribution in [1.82, 2.24) is 30.0 Å². The first kappa shape index (κ1) is 61.9. The van der Waals surface area contributed by atoms with E-state index in [1.54, 1.807) is 24.4 Å². The van der Waals surface area contributed by atoms with Gasteiger partial charge in [0.1, 0.15) is 42.2 Å². The lowest BCUT2D eigenvalue weighted by Crippen LogP contribution is -2.64. The number of aromatic carboxylic acids is 1. The van der Waals surface area contributed by atoms with Crippen molar-refractivity contribution in [3.05, 3.63) is 113 Å². The zero-order valence-corrected chi connectivity index (χ0v) is 50.4. The molecule has 88 heavy (non-hydrogen) atoms. The molecule has 1 saturated heterocycles. The molecule has 7 atom stereocenters. The highest BCUT2D eigenvalue weighted by Gasteiger charge is 2.66. The molecule has 9 N–H and O–H groups in total. The van der Waals surface area contributed by atoms with Gasteiger partial charge in [-0.15, -0.1) is 0 Å². The number of carbonyl (C=O) groups is 5. The Hall–Kier alpha value is -7.78. The molecule has 2 aliphatic heterocycles. The van der Waals surface area contributed by atoms with Crippen LogP contribution in [0.4, 0.5) is 15.7 Å². The number of aromatic nitrogens is 4. The molecule has 3 aromatic carbocycles. The predicted octanol–water partition coefficient (Wildman–Crippen LogP) is 6.29. The fourth-order valence-electron chi connectivity index (χ4n) is 15.1. The summed E-state index contributed by atoms with van der Waals surface area (Å²) in [5, 5.41) is 62.4. The van der Waals surface area contributed by atoms with E-state index in [4.69, 9.17) is 39.5 Å². The number of carboxylic acids is 2. The number of hydrogen-bond donors (Lipinski definition) is 8. The lowest BCUT2D eigenvalue weighted by molar-refractivity contribution is -0.271. The molecule has 12 rings (SSSR count). The number of aliphatic carboxylic acids is 1. The van der Waals surface area contributed by atoms with Gasteiger partial charge in [-0.3, -0.25) is 19.6 Å². The van der Waals surface area contributed by atoms with E-state index in [0.29, 0.717) is 72.2 Å². The topological polar surface area (TPSA) is 333 Å². The minimum absolute atomic E-state index is 0.00147. The smallest absolute Gasteiger partial charge is 0.410 e. The first-order valence-electron chi connectivity index (χ1n) is 29.7. The van der Waals surface area contributed by atoms with Crippen LogP contribution in [0.3, 0.4) is 0 Å². The van der Waals surface area contributed by atoms with Gasteiger partial charge in [-0.25, -0.2) is 24.4 Å². The Morgan fingerprint density at radius 1 is 0.875 bits per heavy atom. The monoisotopic (exact) mass is 1230 g/mol. The Kier molecular flexibility index (Phi) is 17.6. The summed E-state index contributed by atoms with van der Waals surface area (Å²) >= 11 is 1.41. The van der Waals surface area contributed by atoms with Crippen LogP contribution in [0, 0.1) is 23.2 Å². The van der Waals surface area contributed by atoms with Gasteiger partial charge in [-0.1, -0.05) is 49.4 Å². The number of pyridine rings is 1. The number of aliphatic hydroxyl groups excluding tert-OH is 3. The number of carbonyl (C=O) groups excluding carboxylic acids is 3. The van der Waals surface area contributed by atoms with Crippen LogP contribution in [0.5, 0.6) is 11.5 Å². The highest BCUT2D eigenvalue weighted by atomic mass is 32.1. The number of amides is 3. The molecule has 4 bridgehead atoms. The van der Waals surface area contributed by atoms with E-state index in [9.17, 15) is 49.5 Å². The Morgan fingerprint density at radius 3 is 2.40 bits per heavy atom. The third-order valence-electron chi connectivity index (χ3n) is 17.9. The first-order chi connectivity index (χ1) is 42.1. The Labute approximate surface area is 511 Å². The van der Waals surface area contributed by atoms with Gasteiger partial charge in [-0.05, 0) is 135 Å². The van der Waals surface area contributed by atoms with E-state index in [1.807, 2.05) is 59.0 Å². The molecule has 0 spiro atoms. The molecule has 4 aliphatic carbocycles. The second-order valence-electron chi connectivity index (χ2n) is 25.0. The molecule has 4 saturated carbocycles. The number of nitrogens with zero attached hydrogens (tertiary/aromatic N) is 6. The van der Waals surface area contributed by atoms with Crippen LogP contribution in [-0.2, 0) is 49.9 Å². The van der Waals surface area contributed by atoms with Gasteiger partial charge >= 0.3 is 18.0 Å². The number of hydrogen-bond acceptors (Lipinski definition) is 19.